The second-order valence-corrected chi connectivity index (χ2v) is 8.67. The highest BCUT2D eigenvalue weighted by atomic mass is 16.1. The van der Waals surface area contributed by atoms with Gasteiger partial charge in [-0.1, -0.05) is 57.9 Å². The van der Waals surface area contributed by atoms with E-state index in [1.165, 1.54) is 19.3 Å². The lowest BCUT2D eigenvalue weighted by atomic mass is 9.82. The van der Waals surface area contributed by atoms with Gasteiger partial charge in [0.25, 0.3) is 0 Å². The van der Waals surface area contributed by atoms with Crippen molar-refractivity contribution in [3.05, 3.63) is 41.5 Å². The van der Waals surface area contributed by atoms with Gasteiger partial charge < -0.3 is 5.32 Å². The Balaban J connectivity index is 1.49. The van der Waals surface area contributed by atoms with Crippen LogP contribution >= 0.6 is 0 Å². The molecule has 1 N–H and O–H groups in total. The van der Waals surface area contributed by atoms with E-state index in [4.69, 9.17) is 0 Å². The fraction of sp³-hybridized carbons (Fsp3) is 0.542. The lowest BCUT2D eigenvalue weighted by Gasteiger charge is -2.26. The summed E-state index contributed by atoms with van der Waals surface area (Å²) in [6, 6.07) is 8.20. The molecule has 2 aliphatic rings. The van der Waals surface area contributed by atoms with Crippen molar-refractivity contribution < 1.29 is 4.79 Å². The Morgan fingerprint density at radius 3 is 2.75 bits per heavy atom. The minimum atomic E-state index is -0.0130. The Labute approximate surface area is 169 Å². The maximum absolute atomic E-state index is 12.2. The number of unbranched alkanes of at least 4 members (excludes halogenated alkanes) is 1. The summed E-state index contributed by atoms with van der Waals surface area (Å²) in [5.74, 6) is 1.55. The molecule has 1 saturated carbocycles. The van der Waals surface area contributed by atoms with Crippen molar-refractivity contribution in [2.45, 2.75) is 59.3 Å². The standard InChI is InChI=1S/C24H33N3O/c1-4-5-8-22-25-17-21(27-22)19-12-9-18(10-13-19)11-14-23(28)26-16-20-7-6-15-24(20,2)3/h9-14,20H,4-8,15-17H2,1-3H3,(H,26,28)/b14-11+. The van der Waals surface area contributed by atoms with Crippen LogP contribution in [0.3, 0.4) is 0 Å². The molecule has 0 aromatic heterocycles. The van der Waals surface area contributed by atoms with E-state index in [9.17, 15) is 4.79 Å². The number of amidine groups is 1. The Morgan fingerprint density at radius 2 is 2.07 bits per heavy atom. The third kappa shape index (κ3) is 5.40. The average molecular weight is 380 g/mol. The molecule has 1 heterocycles. The number of amides is 1. The zero-order chi connectivity index (χ0) is 20.0. The van der Waals surface area contributed by atoms with Gasteiger partial charge in [-0.25, -0.2) is 4.99 Å². The summed E-state index contributed by atoms with van der Waals surface area (Å²) in [6.07, 6.45) is 10.5. The summed E-state index contributed by atoms with van der Waals surface area (Å²) in [5.41, 5.74) is 3.51. The number of rotatable bonds is 8. The summed E-state index contributed by atoms with van der Waals surface area (Å²) < 4.78 is 0. The van der Waals surface area contributed by atoms with Crippen LogP contribution in [-0.2, 0) is 4.79 Å². The molecule has 1 aromatic carbocycles. The number of hydrogen-bond donors (Lipinski definition) is 1. The van der Waals surface area contributed by atoms with E-state index in [1.54, 1.807) is 6.08 Å². The number of aliphatic imine (C=N–C) groups is 2. The molecule has 4 heteroatoms. The first-order chi connectivity index (χ1) is 13.5. The molecule has 0 saturated heterocycles. The fourth-order valence-electron chi connectivity index (χ4n) is 4.04. The van der Waals surface area contributed by atoms with E-state index in [2.05, 4.69) is 48.2 Å². The zero-order valence-electron chi connectivity index (χ0n) is 17.5. The minimum absolute atomic E-state index is 0.0130. The first kappa shape index (κ1) is 20.5. The van der Waals surface area contributed by atoms with Gasteiger partial charge in [-0.05, 0) is 47.8 Å². The molecule has 3 rings (SSSR count). The molecule has 0 bridgehead atoms. The van der Waals surface area contributed by atoms with Gasteiger partial charge in [0, 0.05) is 19.0 Å². The maximum Gasteiger partial charge on any atom is 0.244 e. The smallest absolute Gasteiger partial charge is 0.244 e. The third-order valence-electron chi connectivity index (χ3n) is 6.10. The number of nitrogens with one attached hydrogen (secondary N) is 1. The molecule has 0 spiro atoms. The first-order valence-corrected chi connectivity index (χ1v) is 10.6. The minimum Gasteiger partial charge on any atom is -0.352 e. The van der Waals surface area contributed by atoms with E-state index in [0.717, 1.165) is 48.5 Å². The number of carbonyl (C=O) groups is 1. The van der Waals surface area contributed by atoms with Crippen molar-refractivity contribution in [3.63, 3.8) is 0 Å². The average Bonchev–Trinajstić information content (AvgIpc) is 3.29. The Morgan fingerprint density at radius 1 is 1.29 bits per heavy atom. The number of carbonyl (C=O) groups excluding carboxylic acids is 1. The third-order valence-corrected chi connectivity index (χ3v) is 6.10. The van der Waals surface area contributed by atoms with Crippen molar-refractivity contribution >= 4 is 23.5 Å². The predicted octanol–water partition coefficient (Wildman–Crippen LogP) is 5.03. The van der Waals surface area contributed by atoms with Crippen LogP contribution in [0.25, 0.3) is 6.08 Å². The van der Waals surface area contributed by atoms with E-state index in [1.807, 2.05) is 18.2 Å². The molecule has 0 radical (unpaired) electrons. The van der Waals surface area contributed by atoms with Gasteiger partial charge in [0.1, 0.15) is 5.84 Å². The van der Waals surface area contributed by atoms with Crippen LogP contribution < -0.4 is 5.32 Å². The van der Waals surface area contributed by atoms with Gasteiger partial charge in [0.2, 0.25) is 5.91 Å². The van der Waals surface area contributed by atoms with Gasteiger partial charge in [0.15, 0.2) is 0 Å². The summed E-state index contributed by atoms with van der Waals surface area (Å²) in [7, 11) is 0. The van der Waals surface area contributed by atoms with Gasteiger partial charge in [0.05, 0.1) is 12.3 Å². The van der Waals surface area contributed by atoms with Gasteiger partial charge in [-0.2, -0.15) is 0 Å². The highest BCUT2D eigenvalue weighted by Crippen LogP contribution is 2.41. The Bertz CT molecular complexity index is 772. The molecular formula is C24H33N3O. The molecule has 1 unspecified atom stereocenters. The Hall–Kier alpha value is -2.23. The predicted molar refractivity (Wildman–Crippen MR) is 118 cm³/mol. The molecule has 1 aliphatic heterocycles. The topological polar surface area (TPSA) is 53.8 Å². The second-order valence-electron chi connectivity index (χ2n) is 8.67. The highest BCUT2D eigenvalue weighted by Gasteiger charge is 2.34. The van der Waals surface area contributed by atoms with E-state index in [0.29, 0.717) is 17.9 Å². The van der Waals surface area contributed by atoms with Gasteiger partial charge in [-0.15, -0.1) is 0 Å². The lowest BCUT2D eigenvalue weighted by molar-refractivity contribution is -0.116. The normalized spacial score (nSPS) is 21.0. The molecule has 1 aromatic rings. The zero-order valence-corrected chi connectivity index (χ0v) is 17.5. The summed E-state index contributed by atoms with van der Waals surface area (Å²) >= 11 is 0. The molecule has 4 nitrogen and oxygen atoms in total. The van der Waals surface area contributed by atoms with Crippen LogP contribution in [-0.4, -0.2) is 30.5 Å². The summed E-state index contributed by atoms with van der Waals surface area (Å²) in [4.78, 5) is 21.3. The number of nitrogens with zero attached hydrogens (tertiary/aromatic N) is 2. The molecule has 1 atom stereocenters. The van der Waals surface area contributed by atoms with Crippen LogP contribution in [0.5, 0.6) is 0 Å². The van der Waals surface area contributed by atoms with E-state index < -0.39 is 0 Å². The van der Waals surface area contributed by atoms with Crippen LogP contribution in [0.1, 0.15) is 70.4 Å². The van der Waals surface area contributed by atoms with Crippen molar-refractivity contribution in [3.8, 4) is 0 Å². The highest BCUT2D eigenvalue weighted by molar-refractivity contribution is 6.12. The van der Waals surface area contributed by atoms with Crippen LogP contribution in [0.4, 0.5) is 0 Å². The first-order valence-electron chi connectivity index (χ1n) is 10.6. The number of benzene rings is 1. The quantitative estimate of drug-likeness (QED) is 0.633. The SMILES string of the molecule is CCCCC1=NCC(c2ccc(/C=C/C(=O)NCC3CCCC3(C)C)cc2)=N1. The van der Waals surface area contributed by atoms with Gasteiger partial charge in [-0.3, -0.25) is 9.79 Å². The van der Waals surface area contributed by atoms with E-state index in [-0.39, 0.29) is 5.91 Å². The van der Waals surface area contributed by atoms with Crippen molar-refractivity contribution in [2.75, 3.05) is 13.1 Å². The molecule has 28 heavy (non-hydrogen) atoms. The summed E-state index contributed by atoms with van der Waals surface area (Å²) in [6.45, 7) is 8.24. The molecular weight excluding hydrogens is 346 g/mol. The lowest BCUT2D eigenvalue weighted by Crippen LogP contribution is -2.32. The largest absolute Gasteiger partial charge is 0.352 e. The number of hydrogen-bond acceptors (Lipinski definition) is 3. The molecule has 1 amide bonds. The monoisotopic (exact) mass is 379 g/mol. The van der Waals surface area contributed by atoms with Crippen LogP contribution in [0, 0.1) is 11.3 Å². The molecule has 150 valence electrons. The fourth-order valence-corrected chi connectivity index (χ4v) is 4.04. The van der Waals surface area contributed by atoms with Crippen LogP contribution in [0.15, 0.2) is 40.3 Å². The van der Waals surface area contributed by atoms with Crippen molar-refractivity contribution in [1.82, 2.24) is 5.32 Å². The van der Waals surface area contributed by atoms with Crippen molar-refractivity contribution in [1.29, 1.82) is 0 Å². The van der Waals surface area contributed by atoms with Crippen LogP contribution in [0.2, 0.25) is 0 Å². The van der Waals surface area contributed by atoms with Gasteiger partial charge >= 0.3 is 0 Å². The summed E-state index contributed by atoms with van der Waals surface area (Å²) in [5, 5.41) is 3.07. The van der Waals surface area contributed by atoms with E-state index >= 15 is 0 Å². The second kappa shape index (κ2) is 9.31. The van der Waals surface area contributed by atoms with Crippen molar-refractivity contribution in [2.24, 2.45) is 21.3 Å². The molecule has 1 aliphatic carbocycles. The molecule has 1 fully saturated rings. The Kier molecular flexibility index (Phi) is 6.82. The maximum atomic E-state index is 12.2.